The van der Waals surface area contributed by atoms with Crippen molar-refractivity contribution in [2.24, 2.45) is 0 Å². The van der Waals surface area contributed by atoms with Gasteiger partial charge in [-0.2, -0.15) is 0 Å². The lowest BCUT2D eigenvalue weighted by molar-refractivity contribution is 0.296. The zero-order valence-corrected chi connectivity index (χ0v) is 10.0. The summed E-state index contributed by atoms with van der Waals surface area (Å²) in [7, 11) is -3.72. The smallest absolute Gasteiger partial charge is 0.237 e. The third-order valence-electron chi connectivity index (χ3n) is 1.91. The molecule has 0 saturated carbocycles. The summed E-state index contributed by atoms with van der Waals surface area (Å²) in [5.41, 5.74) is 0.0327. The average molecular weight is 268 g/mol. The first-order valence-corrected chi connectivity index (χ1v) is 6.36. The minimum atomic E-state index is -3.72. The Labute approximate surface area is 98.1 Å². The van der Waals surface area contributed by atoms with Gasteiger partial charge in [-0.15, -0.1) is 0 Å². The summed E-state index contributed by atoms with van der Waals surface area (Å²) in [4.78, 5) is 0. The van der Waals surface area contributed by atoms with E-state index in [0.717, 1.165) is 12.1 Å². The van der Waals surface area contributed by atoms with Crippen molar-refractivity contribution in [1.82, 2.24) is 0 Å². The van der Waals surface area contributed by atoms with Crippen LogP contribution in [-0.4, -0.2) is 25.4 Å². The molecule has 1 rings (SSSR count). The molecule has 90 valence electrons. The molecule has 0 bridgehead atoms. The number of aliphatic hydroxyl groups is 1. The third-order valence-corrected chi connectivity index (χ3v) is 3.86. The van der Waals surface area contributed by atoms with Gasteiger partial charge in [-0.1, -0.05) is 11.6 Å². The molecule has 16 heavy (non-hydrogen) atoms. The summed E-state index contributed by atoms with van der Waals surface area (Å²) in [5, 5.41) is 7.85. The van der Waals surface area contributed by atoms with Gasteiger partial charge in [0, 0.05) is 5.02 Å². The number of sulfonamides is 1. The molecule has 0 radical (unpaired) electrons. The fourth-order valence-electron chi connectivity index (χ4n) is 0.976. The minimum absolute atomic E-state index is 0.0327. The Morgan fingerprint density at radius 3 is 2.62 bits per heavy atom. The molecule has 0 spiro atoms. The van der Waals surface area contributed by atoms with E-state index in [-0.39, 0.29) is 10.7 Å². The quantitative estimate of drug-likeness (QED) is 0.871. The summed E-state index contributed by atoms with van der Waals surface area (Å²) in [5.74, 6) is -0.637. The van der Waals surface area contributed by atoms with Gasteiger partial charge in [0.05, 0.1) is 12.3 Å². The zero-order chi connectivity index (χ0) is 12.3. The SMILES string of the molecule is CC(CO)S(=O)(=O)Nc1cc(F)cc(Cl)c1. The predicted molar refractivity (Wildman–Crippen MR) is 60.5 cm³/mol. The van der Waals surface area contributed by atoms with Crippen molar-refractivity contribution < 1.29 is 17.9 Å². The van der Waals surface area contributed by atoms with E-state index >= 15 is 0 Å². The Balaban J connectivity index is 2.97. The number of rotatable bonds is 4. The van der Waals surface area contributed by atoms with Gasteiger partial charge in [-0.05, 0) is 25.1 Å². The highest BCUT2D eigenvalue weighted by Crippen LogP contribution is 2.19. The molecule has 0 aliphatic rings. The average Bonchev–Trinajstić information content (AvgIpc) is 2.13. The minimum Gasteiger partial charge on any atom is -0.395 e. The first-order valence-electron chi connectivity index (χ1n) is 4.44. The topological polar surface area (TPSA) is 66.4 Å². The van der Waals surface area contributed by atoms with E-state index in [2.05, 4.69) is 4.72 Å². The zero-order valence-electron chi connectivity index (χ0n) is 8.44. The van der Waals surface area contributed by atoms with Crippen LogP contribution < -0.4 is 4.72 Å². The second kappa shape index (κ2) is 4.99. The molecule has 0 aromatic heterocycles. The second-order valence-electron chi connectivity index (χ2n) is 3.30. The predicted octanol–water partition coefficient (Wildman–Crippen LogP) is 1.60. The maximum Gasteiger partial charge on any atom is 0.237 e. The highest BCUT2D eigenvalue weighted by molar-refractivity contribution is 7.93. The van der Waals surface area contributed by atoms with E-state index in [1.165, 1.54) is 13.0 Å². The molecule has 0 amide bonds. The van der Waals surface area contributed by atoms with Crippen LogP contribution in [-0.2, 0) is 10.0 Å². The summed E-state index contributed by atoms with van der Waals surface area (Å²) >= 11 is 5.57. The van der Waals surface area contributed by atoms with Crippen molar-refractivity contribution in [3.8, 4) is 0 Å². The molecule has 0 fully saturated rings. The summed E-state index contributed by atoms with van der Waals surface area (Å²) in [6, 6.07) is 3.36. The van der Waals surface area contributed by atoms with Gasteiger partial charge in [-0.3, -0.25) is 4.72 Å². The lowest BCUT2D eigenvalue weighted by Gasteiger charge is -2.12. The largest absolute Gasteiger partial charge is 0.395 e. The number of benzene rings is 1. The monoisotopic (exact) mass is 267 g/mol. The molecule has 2 N–H and O–H groups in total. The lowest BCUT2D eigenvalue weighted by Crippen LogP contribution is -2.28. The van der Waals surface area contributed by atoms with Gasteiger partial charge < -0.3 is 5.11 Å². The van der Waals surface area contributed by atoms with E-state index < -0.39 is 27.7 Å². The van der Waals surface area contributed by atoms with Gasteiger partial charge in [0.15, 0.2) is 0 Å². The summed E-state index contributed by atoms with van der Waals surface area (Å²) < 4.78 is 38.1. The standard InChI is InChI=1S/C9H11ClFNO3S/c1-6(5-13)16(14,15)12-9-3-7(10)2-8(11)4-9/h2-4,6,12-13H,5H2,1H3. The van der Waals surface area contributed by atoms with Crippen molar-refractivity contribution in [2.75, 3.05) is 11.3 Å². The van der Waals surface area contributed by atoms with Crippen LogP contribution in [0.1, 0.15) is 6.92 Å². The van der Waals surface area contributed by atoms with Crippen molar-refractivity contribution in [1.29, 1.82) is 0 Å². The van der Waals surface area contributed by atoms with Crippen LogP contribution in [0.5, 0.6) is 0 Å². The molecule has 1 unspecified atom stereocenters. The number of aliphatic hydroxyl groups excluding tert-OH is 1. The Kier molecular flexibility index (Phi) is 4.12. The fraction of sp³-hybridized carbons (Fsp3) is 0.333. The molecule has 4 nitrogen and oxygen atoms in total. The van der Waals surface area contributed by atoms with Crippen LogP contribution in [0.3, 0.4) is 0 Å². The number of anilines is 1. The summed E-state index contributed by atoms with van der Waals surface area (Å²) in [6.45, 7) is 0.821. The van der Waals surface area contributed by atoms with Crippen molar-refractivity contribution in [3.63, 3.8) is 0 Å². The van der Waals surface area contributed by atoms with E-state index in [4.69, 9.17) is 16.7 Å². The molecule has 0 saturated heterocycles. The Bertz CT molecular complexity index is 457. The molecule has 1 atom stereocenters. The fourth-order valence-corrected chi connectivity index (χ4v) is 2.04. The second-order valence-corrected chi connectivity index (χ2v) is 5.83. The van der Waals surface area contributed by atoms with Crippen LogP contribution in [0.15, 0.2) is 18.2 Å². The van der Waals surface area contributed by atoms with E-state index in [1.807, 2.05) is 0 Å². The van der Waals surface area contributed by atoms with Gasteiger partial charge >= 0.3 is 0 Å². The Morgan fingerprint density at radius 1 is 1.50 bits per heavy atom. The van der Waals surface area contributed by atoms with Gasteiger partial charge in [0.25, 0.3) is 0 Å². The Hall–Kier alpha value is -0.850. The maximum absolute atomic E-state index is 12.9. The van der Waals surface area contributed by atoms with Gasteiger partial charge in [-0.25, -0.2) is 12.8 Å². The number of hydrogen-bond donors (Lipinski definition) is 2. The molecule has 7 heteroatoms. The van der Waals surface area contributed by atoms with Crippen LogP contribution in [0, 0.1) is 5.82 Å². The molecule has 1 aromatic rings. The van der Waals surface area contributed by atoms with Gasteiger partial charge in [0.2, 0.25) is 10.0 Å². The van der Waals surface area contributed by atoms with Crippen LogP contribution in [0.4, 0.5) is 10.1 Å². The molecule has 0 aliphatic carbocycles. The van der Waals surface area contributed by atoms with Crippen molar-refractivity contribution >= 4 is 27.3 Å². The molecular weight excluding hydrogens is 257 g/mol. The van der Waals surface area contributed by atoms with E-state index in [9.17, 15) is 12.8 Å². The highest BCUT2D eigenvalue weighted by atomic mass is 35.5. The van der Waals surface area contributed by atoms with Crippen molar-refractivity contribution in [3.05, 3.63) is 29.0 Å². The highest BCUT2D eigenvalue weighted by Gasteiger charge is 2.19. The lowest BCUT2D eigenvalue weighted by atomic mass is 10.3. The molecule has 0 heterocycles. The summed E-state index contributed by atoms with van der Waals surface area (Å²) in [6.07, 6.45) is 0. The third kappa shape index (κ3) is 3.33. The van der Waals surface area contributed by atoms with Crippen LogP contribution >= 0.6 is 11.6 Å². The van der Waals surface area contributed by atoms with Crippen LogP contribution in [0.25, 0.3) is 0 Å². The molecule has 1 aromatic carbocycles. The molecule has 0 aliphatic heterocycles. The van der Waals surface area contributed by atoms with Crippen LogP contribution in [0.2, 0.25) is 5.02 Å². The number of halogens is 2. The molecular formula is C9H11ClFNO3S. The number of nitrogens with one attached hydrogen (secondary N) is 1. The normalized spacial score (nSPS) is 13.5. The number of hydrogen-bond acceptors (Lipinski definition) is 3. The maximum atomic E-state index is 12.9. The van der Waals surface area contributed by atoms with E-state index in [0.29, 0.717) is 0 Å². The Morgan fingerprint density at radius 2 is 2.12 bits per heavy atom. The van der Waals surface area contributed by atoms with E-state index in [1.54, 1.807) is 0 Å². The van der Waals surface area contributed by atoms with Gasteiger partial charge in [0.1, 0.15) is 11.1 Å². The first-order chi connectivity index (χ1) is 7.35. The first kappa shape index (κ1) is 13.2. The van der Waals surface area contributed by atoms with Crippen molar-refractivity contribution in [2.45, 2.75) is 12.2 Å².